The predicted molar refractivity (Wildman–Crippen MR) is 4.28 cm³/mol. The van der Waals surface area contributed by atoms with E-state index in [0.717, 1.165) is 0 Å². The fourth-order valence-corrected chi connectivity index (χ4v) is 0. The van der Waals surface area contributed by atoms with Crippen LogP contribution in [0.25, 0.3) is 0 Å². The van der Waals surface area contributed by atoms with Gasteiger partial charge in [-0.05, 0) is 0 Å². The van der Waals surface area contributed by atoms with Crippen molar-refractivity contribution >= 4 is 0 Å². The van der Waals surface area contributed by atoms with Gasteiger partial charge < -0.3 is 0 Å². The molecule has 1 radical (unpaired) electrons. The third kappa shape index (κ3) is 218. The average molecular weight is 223 g/mol. The van der Waals surface area contributed by atoms with Crippen molar-refractivity contribution in [2.45, 2.75) is 0 Å². The van der Waals surface area contributed by atoms with Gasteiger partial charge in [0.25, 0.3) is 0 Å². The molecule has 6 heteroatoms. The average Bonchev–Trinajstić information content (AvgIpc) is 0.722. The normalized spacial score (nSPS) is 9.50. The topological polar surface area (TPSA) is 71.4 Å². The van der Waals surface area contributed by atoms with Crippen LogP contribution in [0.4, 0.5) is 0 Å². The minimum Gasteiger partial charge on any atom is 0 e. The molecule has 0 heterocycles. The van der Waals surface area contributed by atoms with Gasteiger partial charge in [0, 0.05) is 19.5 Å². The van der Waals surface area contributed by atoms with Crippen molar-refractivity contribution < 1.29 is 48.1 Å². The summed E-state index contributed by atoms with van der Waals surface area (Å²) in [6.07, 6.45) is 0. The van der Waals surface area contributed by atoms with E-state index in [0.29, 0.717) is 0 Å². The Hall–Kier alpha value is 0.503. The van der Waals surface area contributed by atoms with Gasteiger partial charge in [0.05, 0.1) is 0 Å². The third-order valence-electron chi connectivity index (χ3n) is 0. The van der Waals surface area contributed by atoms with Crippen molar-refractivity contribution in [3.8, 4) is 0 Å². The van der Waals surface area contributed by atoms with Gasteiger partial charge in [-0.1, -0.05) is 0 Å². The Bertz CT molecular complexity index is 129. The molecule has 0 saturated heterocycles. The Labute approximate surface area is 48.5 Å². The van der Waals surface area contributed by atoms with Gasteiger partial charge in [0.15, 0.2) is 0 Å². The Morgan fingerprint density at radius 1 is 1.17 bits per heavy atom. The second-order valence-corrected chi connectivity index (χ2v) is 1.63. The van der Waals surface area contributed by atoms with Gasteiger partial charge in [-0.2, -0.15) is 0 Å². The van der Waals surface area contributed by atoms with Crippen LogP contribution in [0.5, 0.6) is 0 Å². The molecule has 6 heavy (non-hydrogen) atoms. The molecular formula is HMnO4Rh. The van der Waals surface area contributed by atoms with Crippen molar-refractivity contribution in [1.29, 1.82) is 0 Å². The van der Waals surface area contributed by atoms with Gasteiger partial charge >= 0.3 is 28.7 Å². The molecule has 0 amide bonds. The van der Waals surface area contributed by atoms with E-state index >= 15 is 0 Å². The predicted octanol–water partition coefficient (Wildman–Crippen LogP) is -0.918. The summed E-state index contributed by atoms with van der Waals surface area (Å²) in [5.41, 5.74) is 0. The molecule has 0 bridgehead atoms. The second kappa shape index (κ2) is 2.64. The summed E-state index contributed by atoms with van der Waals surface area (Å²) in [6, 6.07) is 0. The molecule has 0 saturated carbocycles. The minimum absolute atomic E-state index is 0. The smallest absolute Gasteiger partial charge is 0 e. The molecule has 4 nitrogen and oxygen atoms in total. The molecule has 0 spiro atoms. The van der Waals surface area contributed by atoms with E-state index in [1.807, 2.05) is 0 Å². The Morgan fingerprint density at radius 3 is 1.17 bits per heavy atom. The van der Waals surface area contributed by atoms with Gasteiger partial charge in [-0.15, -0.1) is 0 Å². The number of rotatable bonds is 0. The van der Waals surface area contributed by atoms with E-state index < -0.39 is 13.0 Å². The van der Waals surface area contributed by atoms with E-state index in [1.54, 1.807) is 0 Å². The molecule has 0 rings (SSSR count). The summed E-state index contributed by atoms with van der Waals surface area (Å²) in [5.74, 6) is 0. The van der Waals surface area contributed by atoms with Crippen molar-refractivity contribution in [3.63, 3.8) is 0 Å². The first-order valence-electron chi connectivity index (χ1n) is 0.632. The van der Waals surface area contributed by atoms with Crippen LogP contribution in [-0.4, -0.2) is 4.19 Å². The summed E-state index contributed by atoms with van der Waals surface area (Å²) in [7, 11) is 0. The zero-order valence-electron chi connectivity index (χ0n) is 2.38. The van der Waals surface area contributed by atoms with Crippen molar-refractivity contribution in [2.75, 3.05) is 0 Å². The molecule has 0 aliphatic rings. The Morgan fingerprint density at radius 2 is 1.17 bits per heavy atom. The molecule has 0 fully saturated rings. The van der Waals surface area contributed by atoms with E-state index in [-0.39, 0.29) is 19.5 Å². The summed E-state index contributed by atoms with van der Waals surface area (Å²) in [6.45, 7) is 0. The van der Waals surface area contributed by atoms with Gasteiger partial charge in [-0.25, -0.2) is 0 Å². The van der Waals surface area contributed by atoms with Crippen LogP contribution in [-0.2, 0) is 44.0 Å². The third-order valence-corrected chi connectivity index (χ3v) is 0. The molecule has 0 aliphatic carbocycles. The summed E-state index contributed by atoms with van der Waals surface area (Å²) < 4.78 is 33.1. The van der Waals surface area contributed by atoms with Crippen LogP contribution in [0.2, 0.25) is 0 Å². The van der Waals surface area contributed by atoms with E-state index in [9.17, 15) is 0 Å². The molecule has 1 N–H and O–H groups in total. The first kappa shape index (κ1) is 9.71. The maximum absolute atomic E-state index is 8.69. The summed E-state index contributed by atoms with van der Waals surface area (Å²) in [4.78, 5) is 0. The van der Waals surface area contributed by atoms with E-state index in [4.69, 9.17) is 15.7 Å². The van der Waals surface area contributed by atoms with Crippen LogP contribution in [0.3, 0.4) is 0 Å². The van der Waals surface area contributed by atoms with Gasteiger partial charge in [0.1, 0.15) is 0 Å². The summed E-state index contributed by atoms with van der Waals surface area (Å²) >= 11 is -5.38. The Balaban J connectivity index is 0. The van der Waals surface area contributed by atoms with Crippen LogP contribution >= 0.6 is 0 Å². The fraction of sp³-hybridized carbons (Fsp3) is 0. The minimum atomic E-state index is -5.38. The molecule has 0 aromatic carbocycles. The van der Waals surface area contributed by atoms with Crippen molar-refractivity contribution in [3.05, 3.63) is 0 Å². The zero-order chi connectivity index (χ0) is 4.50. The first-order chi connectivity index (χ1) is 2.00. The van der Waals surface area contributed by atoms with E-state index in [2.05, 4.69) is 0 Å². The van der Waals surface area contributed by atoms with Crippen LogP contribution in [0.1, 0.15) is 0 Å². The van der Waals surface area contributed by atoms with Gasteiger partial charge in [-0.3, -0.25) is 0 Å². The largest absolute Gasteiger partial charge is 0 e. The summed E-state index contributed by atoms with van der Waals surface area (Å²) in [5, 5.41) is 0. The van der Waals surface area contributed by atoms with Gasteiger partial charge in [0.2, 0.25) is 0 Å². The first-order valence-corrected chi connectivity index (χ1v) is 2.61. The van der Waals surface area contributed by atoms with E-state index in [1.165, 1.54) is 0 Å². The molecule has 0 unspecified atom stereocenters. The Kier molecular flexibility index (Phi) is 4.27. The molecule has 0 atom stereocenters. The van der Waals surface area contributed by atoms with Crippen molar-refractivity contribution in [1.82, 2.24) is 0 Å². The van der Waals surface area contributed by atoms with Crippen molar-refractivity contribution in [2.24, 2.45) is 0 Å². The maximum Gasteiger partial charge on any atom is 0 e. The number of hydrogen-bond donors (Lipinski definition) is 1. The zero-order valence-corrected chi connectivity index (χ0v) is 5.20. The molecule has 0 aromatic heterocycles. The standard InChI is InChI=1S/Mn.H2O.3O.Rh/h;1H2;;;;/q+1;;;;;/p-1. The van der Waals surface area contributed by atoms with Crippen LogP contribution < -0.4 is 0 Å². The van der Waals surface area contributed by atoms with Crippen LogP contribution in [0.15, 0.2) is 0 Å². The second-order valence-electron chi connectivity index (χ2n) is 0.396. The SMILES string of the molecule is [O]=[Mn](=[O])(=[O])[OH].[Rh]. The molecule has 0 aromatic rings. The van der Waals surface area contributed by atoms with Crippen LogP contribution in [0, 0.1) is 0 Å². The fourth-order valence-electron chi connectivity index (χ4n) is 0. The molecule has 41 valence electrons. The maximum atomic E-state index is 8.69. The quantitative estimate of drug-likeness (QED) is 0.539. The monoisotopic (exact) mass is 223 g/mol. The molecular weight excluding hydrogens is 222 g/mol. The number of hydrogen-bond acceptors (Lipinski definition) is 3. The molecule has 0 aliphatic heterocycles.